The van der Waals surface area contributed by atoms with E-state index < -0.39 is 27.6 Å². The Hall–Kier alpha value is -3.03. The number of primary sulfonamides is 1. The molecule has 2 atom stereocenters. The lowest BCUT2D eigenvalue weighted by molar-refractivity contribution is -0.137. The van der Waals surface area contributed by atoms with E-state index >= 15 is 0 Å². The van der Waals surface area contributed by atoms with Crippen LogP contribution in [0.15, 0.2) is 70.3 Å². The highest BCUT2D eigenvalue weighted by Gasteiger charge is 2.54. The first-order chi connectivity index (χ1) is 17.1. The number of amides is 1. The first-order valence-corrected chi connectivity index (χ1v) is 14.3. The molecular formula is C27H30N4O3S2. The van der Waals surface area contributed by atoms with Crippen LogP contribution in [0.5, 0.6) is 0 Å². The Morgan fingerprint density at radius 3 is 2.08 bits per heavy atom. The largest absolute Gasteiger partial charge is 0.320 e. The number of thiophene rings is 1. The number of benzene rings is 2. The van der Waals surface area contributed by atoms with Gasteiger partial charge in [0.2, 0.25) is 15.9 Å². The number of hydrogen-bond acceptors (Lipinski definition) is 6. The molecule has 9 heteroatoms. The van der Waals surface area contributed by atoms with E-state index in [0.29, 0.717) is 19.3 Å². The van der Waals surface area contributed by atoms with Crippen LogP contribution in [0.25, 0.3) is 11.1 Å². The van der Waals surface area contributed by atoms with E-state index in [1.807, 2.05) is 54.9 Å². The third-order valence-corrected chi connectivity index (χ3v) is 8.16. The third-order valence-electron chi connectivity index (χ3n) is 6.53. The molecule has 0 bridgehead atoms. The molecule has 3 aromatic rings. The lowest BCUT2D eigenvalue weighted by Crippen LogP contribution is -2.51. The highest BCUT2D eigenvalue weighted by atomic mass is 32.2. The fraction of sp³-hybridized carbons (Fsp3) is 0.333. The van der Waals surface area contributed by atoms with Crippen molar-refractivity contribution in [2.45, 2.75) is 55.6 Å². The molecule has 1 amide bonds. The summed E-state index contributed by atoms with van der Waals surface area (Å²) in [5.74, 6) is 0.0455. The quantitative estimate of drug-likeness (QED) is 0.430. The van der Waals surface area contributed by atoms with E-state index in [-0.39, 0.29) is 16.7 Å². The molecule has 2 aromatic carbocycles. The van der Waals surface area contributed by atoms with Gasteiger partial charge in [-0.15, -0.1) is 0 Å². The van der Waals surface area contributed by atoms with Crippen molar-refractivity contribution in [2.75, 3.05) is 0 Å². The number of nitrogens with two attached hydrogens (primary N) is 2. The zero-order valence-electron chi connectivity index (χ0n) is 20.3. The van der Waals surface area contributed by atoms with Crippen LogP contribution in [0.2, 0.25) is 0 Å². The molecule has 0 spiro atoms. The SMILES string of the molecule is CC(C)CC(N)C(=O)N([C@@H](c1ccc(-c2ccc(S(N)(=O)=O)cc2)cc1)c1ccsc1)C1(C#N)CC1. The minimum absolute atomic E-state index is 0.0542. The van der Waals surface area contributed by atoms with Crippen LogP contribution < -0.4 is 10.9 Å². The summed E-state index contributed by atoms with van der Waals surface area (Å²) in [4.78, 5) is 15.5. The van der Waals surface area contributed by atoms with E-state index in [0.717, 1.165) is 22.3 Å². The second-order valence-electron chi connectivity index (χ2n) is 9.74. The molecule has 7 nitrogen and oxygen atoms in total. The van der Waals surface area contributed by atoms with Gasteiger partial charge in [-0.05, 0) is 76.4 Å². The number of nitriles is 1. The molecule has 0 aliphatic heterocycles. The first-order valence-electron chi connectivity index (χ1n) is 11.8. The summed E-state index contributed by atoms with van der Waals surface area (Å²) >= 11 is 1.54. The van der Waals surface area contributed by atoms with Crippen molar-refractivity contribution in [1.29, 1.82) is 5.26 Å². The molecule has 0 saturated heterocycles. The number of sulfonamides is 1. The Balaban J connectivity index is 1.73. The van der Waals surface area contributed by atoms with Gasteiger partial charge in [-0.1, -0.05) is 50.2 Å². The maximum absolute atomic E-state index is 13.7. The Morgan fingerprint density at radius 1 is 1.06 bits per heavy atom. The predicted octanol–water partition coefficient (Wildman–Crippen LogP) is 4.41. The number of carbonyl (C=O) groups excluding carboxylic acids is 1. The highest BCUT2D eigenvalue weighted by Crippen LogP contribution is 2.48. The maximum atomic E-state index is 13.7. The molecule has 4 N–H and O–H groups in total. The van der Waals surface area contributed by atoms with E-state index in [9.17, 15) is 18.5 Å². The summed E-state index contributed by atoms with van der Waals surface area (Å²) in [5.41, 5.74) is 9.05. The van der Waals surface area contributed by atoms with Crippen molar-refractivity contribution < 1.29 is 13.2 Å². The number of hydrogen-bond donors (Lipinski definition) is 2. The van der Waals surface area contributed by atoms with E-state index in [4.69, 9.17) is 10.9 Å². The molecule has 0 radical (unpaired) electrons. The standard InChI is InChI=1S/C27H30N4O3S2/c1-18(2)15-24(29)26(32)31(27(17-28)12-13-27)25(22-11-14-35-16-22)21-5-3-19(4-6-21)20-7-9-23(10-8-20)36(30,33)34/h3-11,14,16,18,24-25H,12-13,15,29H2,1-2H3,(H2,30,33,34)/t24?,25-/m0/s1. The van der Waals surface area contributed by atoms with Gasteiger partial charge in [-0.2, -0.15) is 16.6 Å². The molecule has 1 unspecified atom stereocenters. The highest BCUT2D eigenvalue weighted by molar-refractivity contribution is 7.89. The monoisotopic (exact) mass is 522 g/mol. The molecule has 1 aromatic heterocycles. The Bertz CT molecular complexity index is 1360. The number of nitrogens with zero attached hydrogens (tertiary/aromatic N) is 2. The molecule has 36 heavy (non-hydrogen) atoms. The van der Waals surface area contributed by atoms with E-state index in [1.54, 1.807) is 28.4 Å². The van der Waals surface area contributed by atoms with Crippen molar-refractivity contribution >= 4 is 27.3 Å². The average molecular weight is 523 g/mol. The fourth-order valence-corrected chi connectivity index (χ4v) is 5.71. The van der Waals surface area contributed by atoms with Gasteiger partial charge in [-0.25, -0.2) is 13.6 Å². The van der Waals surface area contributed by atoms with Crippen molar-refractivity contribution in [3.05, 3.63) is 76.5 Å². The second-order valence-corrected chi connectivity index (χ2v) is 12.1. The van der Waals surface area contributed by atoms with Crippen LogP contribution in [-0.2, 0) is 14.8 Å². The minimum Gasteiger partial charge on any atom is -0.320 e. The summed E-state index contributed by atoms with van der Waals surface area (Å²) in [5, 5.41) is 19.2. The Labute approximate surface area is 216 Å². The van der Waals surface area contributed by atoms with Crippen molar-refractivity contribution in [3.63, 3.8) is 0 Å². The van der Waals surface area contributed by atoms with Gasteiger partial charge >= 0.3 is 0 Å². The van der Waals surface area contributed by atoms with Crippen LogP contribution in [0.3, 0.4) is 0 Å². The normalized spacial score (nSPS) is 16.2. The van der Waals surface area contributed by atoms with Gasteiger partial charge in [-0.3, -0.25) is 4.79 Å². The van der Waals surface area contributed by atoms with Gasteiger partial charge in [0, 0.05) is 0 Å². The summed E-state index contributed by atoms with van der Waals surface area (Å²) < 4.78 is 23.1. The molecule has 1 fully saturated rings. The first kappa shape index (κ1) is 26.0. The lowest BCUT2D eigenvalue weighted by Gasteiger charge is -2.37. The van der Waals surface area contributed by atoms with Crippen LogP contribution in [0, 0.1) is 17.2 Å². The van der Waals surface area contributed by atoms with E-state index in [1.165, 1.54) is 12.1 Å². The molecule has 188 valence electrons. The van der Waals surface area contributed by atoms with Gasteiger partial charge in [0.15, 0.2) is 0 Å². The molecule has 1 aliphatic carbocycles. The van der Waals surface area contributed by atoms with Crippen molar-refractivity contribution in [1.82, 2.24) is 4.90 Å². The van der Waals surface area contributed by atoms with Gasteiger partial charge < -0.3 is 10.6 Å². The summed E-state index contributed by atoms with van der Waals surface area (Å²) in [7, 11) is -3.76. The Kier molecular flexibility index (Phi) is 7.34. The van der Waals surface area contributed by atoms with Gasteiger partial charge in [0.05, 0.1) is 23.0 Å². The molecule has 1 aliphatic rings. The van der Waals surface area contributed by atoms with Gasteiger partial charge in [0.1, 0.15) is 5.54 Å². The van der Waals surface area contributed by atoms with Crippen LogP contribution in [0.4, 0.5) is 0 Å². The van der Waals surface area contributed by atoms with Crippen molar-refractivity contribution in [2.24, 2.45) is 16.8 Å². The summed E-state index contributed by atoms with van der Waals surface area (Å²) in [6.07, 6.45) is 1.79. The minimum atomic E-state index is -3.76. The van der Waals surface area contributed by atoms with Crippen molar-refractivity contribution in [3.8, 4) is 17.2 Å². The van der Waals surface area contributed by atoms with Crippen LogP contribution >= 0.6 is 11.3 Å². The second kappa shape index (κ2) is 10.1. The zero-order valence-corrected chi connectivity index (χ0v) is 21.9. The number of rotatable bonds is 9. The maximum Gasteiger partial charge on any atom is 0.241 e. The third kappa shape index (κ3) is 5.37. The van der Waals surface area contributed by atoms with E-state index in [2.05, 4.69) is 6.07 Å². The van der Waals surface area contributed by atoms with Crippen LogP contribution in [-0.4, -0.2) is 30.8 Å². The lowest BCUT2D eigenvalue weighted by atomic mass is 9.93. The molecular weight excluding hydrogens is 492 g/mol. The molecule has 1 heterocycles. The average Bonchev–Trinajstić information content (AvgIpc) is 3.45. The topological polar surface area (TPSA) is 130 Å². The zero-order chi connectivity index (χ0) is 26.1. The summed E-state index contributed by atoms with van der Waals surface area (Å²) in [6.45, 7) is 4.05. The molecule has 4 rings (SSSR count). The summed E-state index contributed by atoms with van der Waals surface area (Å²) in [6, 6.07) is 17.4. The smallest absolute Gasteiger partial charge is 0.241 e. The Morgan fingerprint density at radius 2 is 1.64 bits per heavy atom. The number of carbonyl (C=O) groups is 1. The predicted molar refractivity (Wildman–Crippen MR) is 141 cm³/mol. The van der Waals surface area contributed by atoms with Gasteiger partial charge in [0.25, 0.3) is 0 Å². The fourth-order valence-electron chi connectivity index (χ4n) is 4.51. The van der Waals surface area contributed by atoms with Crippen LogP contribution in [0.1, 0.15) is 50.3 Å². The molecule has 1 saturated carbocycles.